The second-order valence-electron chi connectivity index (χ2n) is 10.1. The summed E-state index contributed by atoms with van der Waals surface area (Å²) in [4.78, 5) is 32.3. The summed E-state index contributed by atoms with van der Waals surface area (Å²) in [5, 5.41) is 0. The van der Waals surface area contributed by atoms with Crippen LogP contribution in [0.3, 0.4) is 0 Å². The zero-order valence-electron chi connectivity index (χ0n) is 20.5. The van der Waals surface area contributed by atoms with Gasteiger partial charge < -0.3 is 9.80 Å². The number of piperazine rings is 2. The molecule has 3 aromatic rings. The number of allylic oxidation sites excluding steroid dienone is 1. The molecule has 1 aliphatic carbocycles. The third kappa shape index (κ3) is 4.59. The molecule has 36 heavy (non-hydrogen) atoms. The van der Waals surface area contributed by atoms with Crippen LogP contribution >= 0.6 is 0 Å². The average molecular weight is 478 g/mol. The Kier molecular flexibility index (Phi) is 6.16. The van der Waals surface area contributed by atoms with E-state index in [1.165, 1.54) is 27.8 Å². The lowest BCUT2D eigenvalue weighted by atomic mass is 9.95. The number of carbonyl (C=O) groups is 2. The molecule has 2 amide bonds. The van der Waals surface area contributed by atoms with Crippen LogP contribution in [0.1, 0.15) is 28.7 Å². The predicted molar refractivity (Wildman–Crippen MR) is 142 cm³/mol. The van der Waals surface area contributed by atoms with Crippen molar-refractivity contribution in [2.24, 2.45) is 0 Å². The summed E-state index contributed by atoms with van der Waals surface area (Å²) in [5.41, 5.74) is 7.30. The average Bonchev–Trinajstić information content (AvgIpc) is 2.92. The number of carbonyl (C=O) groups excluding carboxylic acids is 2. The minimum Gasteiger partial charge on any atom is -0.327 e. The Balaban J connectivity index is 1.12. The highest BCUT2D eigenvalue weighted by molar-refractivity contribution is 5.95. The SMILES string of the molecule is O=C1C2CN(Cc3ccc(-c4ccccc4)cc3)CCN2C(=O)CN1Cc1ccc2c(c1)C=CCC2. The molecule has 0 saturated carbocycles. The maximum atomic E-state index is 13.5. The van der Waals surface area contributed by atoms with Crippen molar-refractivity contribution in [1.29, 1.82) is 0 Å². The van der Waals surface area contributed by atoms with Gasteiger partial charge in [-0.1, -0.05) is 78.9 Å². The number of nitrogens with zero attached hydrogens (tertiary/aromatic N) is 3. The lowest BCUT2D eigenvalue weighted by Gasteiger charge is -2.46. The summed E-state index contributed by atoms with van der Waals surface area (Å²) < 4.78 is 0. The largest absolute Gasteiger partial charge is 0.327 e. The summed E-state index contributed by atoms with van der Waals surface area (Å²) in [6, 6.07) is 25.1. The van der Waals surface area contributed by atoms with Crippen LogP contribution < -0.4 is 0 Å². The van der Waals surface area contributed by atoms with Crippen LogP contribution in [0.15, 0.2) is 78.9 Å². The van der Waals surface area contributed by atoms with Crippen molar-refractivity contribution in [3.05, 3.63) is 101 Å². The highest BCUT2D eigenvalue weighted by atomic mass is 16.2. The predicted octanol–water partition coefficient (Wildman–Crippen LogP) is 4.37. The Bertz CT molecular complexity index is 1300. The van der Waals surface area contributed by atoms with Crippen LogP contribution in [0.5, 0.6) is 0 Å². The van der Waals surface area contributed by atoms with Gasteiger partial charge in [-0.05, 0) is 52.3 Å². The Hall–Kier alpha value is -3.70. The zero-order chi connectivity index (χ0) is 24.5. The smallest absolute Gasteiger partial charge is 0.247 e. The van der Waals surface area contributed by atoms with Crippen LogP contribution in [-0.2, 0) is 29.1 Å². The fourth-order valence-corrected chi connectivity index (χ4v) is 5.66. The first-order valence-corrected chi connectivity index (χ1v) is 12.9. The maximum Gasteiger partial charge on any atom is 0.247 e. The molecule has 0 spiro atoms. The van der Waals surface area contributed by atoms with E-state index in [4.69, 9.17) is 0 Å². The van der Waals surface area contributed by atoms with Gasteiger partial charge in [-0.25, -0.2) is 0 Å². The first kappa shape index (κ1) is 22.7. The third-order valence-corrected chi connectivity index (χ3v) is 7.64. The van der Waals surface area contributed by atoms with Crippen LogP contribution in [0.2, 0.25) is 0 Å². The minimum atomic E-state index is -0.402. The van der Waals surface area contributed by atoms with Crippen molar-refractivity contribution in [2.45, 2.75) is 32.0 Å². The van der Waals surface area contributed by atoms with E-state index < -0.39 is 6.04 Å². The Labute approximate surface area is 212 Å². The maximum absolute atomic E-state index is 13.5. The fraction of sp³-hybridized carbons (Fsp3) is 0.290. The van der Waals surface area contributed by atoms with Crippen LogP contribution in [0.25, 0.3) is 17.2 Å². The molecule has 1 unspecified atom stereocenters. The monoisotopic (exact) mass is 477 g/mol. The van der Waals surface area contributed by atoms with Gasteiger partial charge in [-0.15, -0.1) is 0 Å². The third-order valence-electron chi connectivity index (χ3n) is 7.64. The second-order valence-corrected chi connectivity index (χ2v) is 10.1. The molecule has 2 heterocycles. The fourth-order valence-electron chi connectivity index (χ4n) is 5.66. The van der Waals surface area contributed by atoms with Gasteiger partial charge in [-0.3, -0.25) is 14.5 Å². The summed E-state index contributed by atoms with van der Waals surface area (Å²) in [6.07, 6.45) is 6.51. The van der Waals surface area contributed by atoms with Crippen LogP contribution in [0.4, 0.5) is 0 Å². The number of hydrogen-bond acceptors (Lipinski definition) is 3. The highest BCUT2D eigenvalue weighted by Crippen LogP contribution is 2.25. The van der Waals surface area contributed by atoms with Crippen molar-refractivity contribution >= 4 is 17.9 Å². The Morgan fingerprint density at radius 3 is 2.42 bits per heavy atom. The number of aryl methyl sites for hydroxylation is 1. The molecule has 2 fully saturated rings. The summed E-state index contributed by atoms with van der Waals surface area (Å²) >= 11 is 0. The number of rotatable bonds is 5. The van der Waals surface area contributed by atoms with Crippen molar-refractivity contribution in [3.63, 3.8) is 0 Å². The van der Waals surface area contributed by atoms with E-state index in [-0.39, 0.29) is 18.4 Å². The van der Waals surface area contributed by atoms with E-state index >= 15 is 0 Å². The van der Waals surface area contributed by atoms with E-state index in [0.717, 1.165) is 31.5 Å². The second kappa shape index (κ2) is 9.75. The van der Waals surface area contributed by atoms with Crippen molar-refractivity contribution in [2.75, 3.05) is 26.2 Å². The number of benzene rings is 3. The summed E-state index contributed by atoms with van der Waals surface area (Å²) in [6.45, 7) is 3.40. The first-order valence-electron chi connectivity index (χ1n) is 12.9. The molecule has 3 aromatic carbocycles. The molecule has 5 heteroatoms. The van der Waals surface area contributed by atoms with Gasteiger partial charge in [0.25, 0.3) is 0 Å². The summed E-state index contributed by atoms with van der Waals surface area (Å²) in [5.74, 6) is 0.122. The molecule has 5 nitrogen and oxygen atoms in total. The highest BCUT2D eigenvalue weighted by Gasteiger charge is 2.42. The lowest BCUT2D eigenvalue weighted by molar-refractivity contribution is -0.160. The van der Waals surface area contributed by atoms with Gasteiger partial charge in [0.15, 0.2) is 0 Å². The molecule has 182 valence electrons. The number of fused-ring (bicyclic) bond motifs is 2. The van der Waals surface area contributed by atoms with Crippen molar-refractivity contribution in [3.8, 4) is 11.1 Å². The quantitative estimate of drug-likeness (QED) is 0.548. The van der Waals surface area contributed by atoms with Crippen molar-refractivity contribution < 1.29 is 9.59 Å². The Morgan fingerprint density at radius 1 is 0.806 bits per heavy atom. The topological polar surface area (TPSA) is 43.9 Å². The number of amides is 2. The first-order chi connectivity index (χ1) is 17.6. The van der Waals surface area contributed by atoms with E-state index in [0.29, 0.717) is 19.6 Å². The van der Waals surface area contributed by atoms with E-state index in [2.05, 4.69) is 83.8 Å². The van der Waals surface area contributed by atoms with Gasteiger partial charge in [0.1, 0.15) is 12.6 Å². The van der Waals surface area contributed by atoms with Gasteiger partial charge in [-0.2, -0.15) is 0 Å². The van der Waals surface area contributed by atoms with Crippen LogP contribution in [0, 0.1) is 0 Å². The molecule has 2 aliphatic heterocycles. The molecule has 0 N–H and O–H groups in total. The molecule has 0 aromatic heterocycles. The van der Waals surface area contributed by atoms with Gasteiger partial charge in [0.2, 0.25) is 11.8 Å². The lowest BCUT2D eigenvalue weighted by Crippen LogP contribution is -2.66. The van der Waals surface area contributed by atoms with Crippen LogP contribution in [-0.4, -0.2) is 58.7 Å². The molecule has 2 saturated heterocycles. The molecular formula is C31H31N3O2. The number of hydrogen-bond donors (Lipinski definition) is 0. The molecular weight excluding hydrogens is 446 g/mol. The van der Waals surface area contributed by atoms with E-state index in [1.54, 1.807) is 9.80 Å². The van der Waals surface area contributed by atoms with Gasteiger partial charge in [0.05, 0.1) is 0 Å². The Morgan fingerprint density at radius 2 is 1.58 bits per heavy atom. The molecule has 1 atom stereocenters. The van der Waals surface area contributed by atoms with E-state index in [9.17, 15) is 9.59 Å². The molecule has 3 aliphatic rings. The minimum absolute atomic E-state index is 0.0596. The van der Waals surface area contributed by atoms with Gasteiger partial charge in [0, 0.05) is 32.7 Å². The normalized spacial score (nSPS) is 19.8. The van der Waals surface area contributed by atoms with Crippen molar-refractivity contribution in [1.82, 2.24) is 14.7 Å². The molecule has 0 radical (unpaired) electrons. The summed E-state index contributed by atoms with van der Waals surface area (Å²) in [7, 11) is 0. The molecule has 0 bridgehead atoms. The van der Waals surface area contributed by atoms with Gasteiger partial charge >= 0.3 is 0 Å². The zero-order valence-corrected chi connectivity index (χ0v) is 20.5. The standard InChI is InChI=1S/C31H31N3O2/c35-30-22-33(20-24-12-15-26-8-4-5-9-28(26)18-24)31(36)29-21-32(16-17-34(29)30)19-23-10-13-27(14-11-23)25-6-2-1-3-7-25/h1-3,5-7,9-15,18,29H,4,8,16-17,19-22H2. The molecule has 6 rings (SSSR count). The van der Waals surface area contributed by atoms with E-state index in [1.807, 2.05) is 6.07 Å².